The van der Waals surface area contributed by atoms with Gasteiger partial charge in [-0.15, -0.1) is 21.5 Å². The zero-order valence-corrected chi connectivity index (χ0v) is 13.0. The standard InChI is InChI=1S/C9H7BrClN3O2S2/c1-5-6(4-7(10)17-5)18(15,16)14-9-3-2-8(11)12-13-9/h2-4H,1H3,(H,13,14). The fraction of sp³-hybridized carbons (Fsp3) is 0.111. The second kappa shape index (κ2) is 5.12. The van der Waals surface area contributed by atoms with Crippen molar-refractivity contribution in [3.8, 4) is 0 Å². The summed E-state index contributed by atoms with van der Waals surface area (Å²) in [5.74, 6) is 0.126. The highest BCUT2D eigenvalue weighted by molar-refractivity contribution is 9.11. The van der Waals surface area contributed by atoms with Crippen molar-refractivity contribution in [3.05, 3.63) is 32.0 Å². The summed E-state index contributed by atoms with van der Waals surface area (Å²) in [5, 5.41) is 7.41. The second-order valence-corrected chi connectivity index (χ2v) is 7.99. The predicted octanol–water partition coefficient (Wildman–Crippen LogP) is 3.06. The van der Waals surface area contributed by atoms with E-state index in [1.807, 2.05) is 0 Å². The molecule has 0 aliphatic carbocycles. The van der Waals surface area contributed by atoms with E-state index in [0.29, 0.717) is 4.88 Å². The van der Waals surface area contributed by atoms with Gasteiger partial charge in [-0.1, -0.05) is 11.6 Å². The number of anilines is 1. The van der Waals surface area contributed by atoms with Gasteiger partial charge in [-0.2, -0.15) is 0 Å². The molecule has 0 unspecified atom stereocenters. The summed E-state index contributed by atoms with van der Waals surface area (Å²) in [4.78, 5) is 0.910. The number of thiophene rings is 1. The van der Waals surface area contributed by atoms with E-state index in [9.17, 15) is 8.42 Å². The normalized spacial score (nSPS) is 11.5. The van der Waals surface area contributed by atoms with Gasteiger partial charge in [0.25, 0.3) is 10.0 Å². The molecule has 0 aliphatic rings. The third-order valence-corrected chi connectivity index (χ3v) is 5.37. The molecule has 18 heavy (non-hydrogen) atoms. The smallest absolute Gasteiger partial charge is 0.262 e. The van der Waals surface area contributed by atoms with Crippen LogP contribution in [0, 0.1) is 6.92 Å². The molecule has 5 nitrogen and oxygen atoms in total. The number of sulfonamides is 1. The summed E-state index contributed by atoms with van der Waals surface area (Å²) in [6, 6.07) is 4.46. The number of rotatable bonds is 3. The summed E-state index contributed by atoms with van der Waals surface area (Å²) in [6.45, 7) is 1.73. The molecule has 0 radical (unpaired) electrons. The Kier molecular flexibility index (Phi) is 3.90. The molecule has 0 saturated carbocycles. The van der Waals surface area contributed by atoms with Crippen molar-refractivity contribution in [2.75, 3.05) is 4.72 Å². The highest BCUT2D eigenvalue weighted by Gasteiger charge is 2.20. The van der Waals surface area contributed by atoms with Crippen molar-refractivity contribution in [2.24, 2.45) is 0 Å². The van der Waals surface area contributed by atoms with Crippen molar-refractivity contribution in [3.63, 3.8) is 0 Å². The average molecular weight is 369 g/mol. The van der Waals surface area contributed by atoms with Gasteiger partial charge >= 0.3 is 0 Å². The fourth-order valence-corrected chi connectivity index (χ4v) is 4.77. The van der Waals surface area contributed by atoms with Gasteiger partial charge in [-0.05, 0) is 41.1 Å². The Balaban J connectivity index is 2.33. The molecule has 0 saturated heterocycles. The van der Waals surface area contributed by atoms with Crippen LogP contribution in [0.1, 0.15) is 4.88 Å². The monoisotopic (exact) mass is 367 g/mol. The molecule has 0 bridgehead atoms. The summed E-state index contributed by atoms with van der Waals surface area (Å²) >= 11 is 10.2. The van der Waals surface area contributed by atoms with Crippen LogP contribution in [0.2, 0.25) is 5.15 Å². The zero-order chi connectivity index (χ0) is 13.3. The lowest BCUT2D eigenvalue weighted by atomic mass is 10.5. The highest BCUT2D eigenvalue weighted by Crippen LogP contribution is 2.30. The molecule has 0 aliphatic heterocycles. The summed E-state index contributed by atoms with van der Waals surface area (Å²) in [7, 11) is -3.65. The van der Waals surface area contributed by atoms with Gasteiger partial charge in [0, 0.05) is 4.88 Å². The van der Waals surface area contributed by atoms with E-state index in [1.165, 1.54) is 23.5 Å². The van der Waals surface area contributed by atoms with Crippen molar-refractivity contribution in [1.82, 2.24) is 10.2 Å². The van der Waals surface area contributed by atoms with Gasteiger partial charge in [0.2, 0.25) is 0 Å². The number of aromatic nitrogens is 2. The first-order valence-corrected chi connectivity index (χ1v) is 8.13. The van der Waals surface area contributed by atoms with E-state index in [-0.39, 0.29) is 15.9 Å². The van der Waals surface area contributed by atoms with Gasteiger partial charge in [-0.3, -0.25) is 4.72 Å². The number of nitrogens with zero attached hydrogens (tertiary/aromatic N) is 2. The number of hydrogen-bond donors (Lipinski definition) is 1. The Bertz CT molecular complexity index is 670. The lowest BCUT2D eigenvalue weighted by molar-refractivity contribution is 0.601. The Morgan fingerprint density at radius 3 is 2.61 bits per heavy atom. The van der Waals surface area contributed by atoms with Crippen LogP contribution >= 0.6 is 38.9 Å². The molecular formula is C9H7BrClN3O2S2. The van der Waals surface area contributed by atoms with E-state index in [4.69, 9.17) is 11.6 Å². The van der Waals surface area contributed by atoms with Crippen LogP contribution in [0.5, 0.6) is 0 Å². The first kappa shape index (κ1) is 13.7. The third kappa shape index (κ3) is 3.00. The van der Waals surface area contributed by atoms with E-state index in [0.717, 1.165) is 3.79 Å². The van der Waals surface area contributed by atoms with E-state index < -0.39 is 10.0 Å². The van der Waals surface area contributed by atoms with Gasteiger partial charge in [-0.25, -0.2) is 8.42 Å². The number of hydrogen-bond acceptors (Lipinski definition) is 5. The maximum atomic E-state index is 12.1. The van der Waals surface area contributed by atoms with E-state index in [2.05, 4.69) is 30.8 Å². The van der Waals surface area contributed by atoms with Crippen LogP contribution in [0.4, 0.5) is 5.82 Å². The molecule has 96 valence electrons. The van der Waals surface area contributed by atoms with Crippen LogP contribution in [0.25, 0.3) is 0 Å². The molecule has 0 atom stereocenters. The Morgan fingerprint density at radius 2 is 2.11 bits per heavy atom. The Labute approximate surface area is 121 Å². The molecule has 0 amide bonds. The van der Waals surface area contributed by atoms with Gasteiger partial charge in [0.05, 0.1) is 3.79 Å². The lowest BCUT2D eigenvalue weighted by Crippen LogP contribution is -2.14. The minimum atomic E-state index is -3.65. The predicted molar refractivity (Wildman–Crippen MR) is 74.6 cm³/mol. The van der Waals surface area contributed by atoms with Crippen molar-refractivity contribution >= 4 is 54.7 Å². The first-order valence-electron chi connectivity index (χ1n) is 4.66. The minimum Gasteiger partial charge on any atom is -0.262 e. The van der Waals surface area contributed by atoms with E-state index in [1.54, 1.807) is 13.0 Å². The van der Waals surface area contributed by atoms with Gasteiger partial charge < -0.3 is 0 Å². The first-order chi connectivity index (χ1) is 8.38. The number of aryl methyl sites for hydroxylation is 1. The van der Waals surface area contributed by atoms with Crippen molar-refractivity contribution in [2.45, 2.75) is 11.8 Å². The van der Waals surface area contributed by atoms with Crippen LogP contribution in [-0.2, 0) is 10.0 Å². The SMILES string of the molecule is Cc1sc(Br)cc1S(=O)(=O)Nc1ccc(Cl)nn1. The minimum absolute atomic E-state index is 0.126. The molecule has 0 fully saturated rings. The average Bonchev–Trinajstić information content (AvgIpc) is 2.62. The van der Waals surface area contributed by atoms with Crippen molar-refractivity contribution in [1.29, 1.82) is 0 Å². The Hall–Kier alpha value is -0.700. The molecule has 2 heterocycles. The fourth-order valence-electron chi connectivity index (χ4n) is 1.26. The van der Waals surface area contributed by atoms with Gasteiger partial charge in [0.15, 0.2) is 11.0 Å². The van der Waals surface area contributed by atoms with Crippen LogP contribution in [0.15, 0.2) is 26.9 Å². The topological polar surface area (TPSA) is 72.0 Å². The lowest BCUT2D eigenvalue weighted by Gasteiger charge is -2.05. The zero-order valence-electron chi connectivity index (χ0n) is 9.02. The molecule has 0 spiro atoms. The summed E-state index contributed by atoms with van der Waals surface area (Å²) < 4.78 is 27.3. The quantitative estimate of drug-likeness (QED) is 0.903. The maximum Gasteiger partial charge on any atom is 0.264 e. The van der Waals surface area contributed by atoms with Gasteiger partial charge in [0.1, 0.15) is 4.90 Å². The molecule has 2 rings (SSSR count). The number of nitrogens with one attached hydrogen (secondary N) is 1. The molecule has 2 aromatic rings. The van der Waals surface area contributed by atoms with Crippen LogP contribution in [-0.4, -0.2) is 18.6 Å². The Morgan fingerprint density at radius 1 is 1.39 bits per heavy atom. The molecule has 0 aromatic carbocycles. The summed E-state index contributed by atoms with van der Waals surface area (Å²) in [5.41, 5.74) is 0. The maximum absolute atomic E-state index is 12.1. The summed E-state index contributed by atoms with van der Waals surface area (Å²) in [6.07, 6.45) is 0. The second-order valence-electron chi connectivity index (χ2n) is 3.32. The molecule has 2 aromatic heterocycles. The highest BCUT2D eigenvalue weighted by atomic mass is 79.9. The van der Waals surface area contributed by atoms with Crippen molar-refractivity contribution < 1.29 is 8.42 Å². The van der Waals surface area contributed by atoms with Crippen LogP contribution < -0.4 is 4.72 Å². The molecular weight excluding hydrogens is 362 g/mol. The molecule has 1 N–H and O–H groups in total. The largest absolute Gasteiger partial charge is 0.264 e. The third-order valence-electron chi connectivity index (χ3n) is 2.00. The number of halogens is 2. The molecule has 9 heteroatoms. The van der Waals surface area contributed by atoms with Crippen LogP contribution in [0.3, 0.4) is 0 Å². The van der Waals surface area contributed by atoms with E-state index >= 15 is 0 Å².